The molecule has 3 aromatic rings. The standard InChI is InChI=1S/C33H33Cl2FN4O6/c1-44-9-3-6-38-17-22(16-37)21-12-26(34)30(27(35)13-21)32(41)40-18-20-4-2-5-23(31(20)46-19-40)24-15-29(39-7-10-45-11-8-39)25(33(42)43)14-28(24)36/h2,4-5,12-17H,3,6-11,18-19,37H2,1H3,(H,42,43). The fraction of sp³-hybridized carbons (Fsp3) is 0.303. The molecule has 0 unspecified atom stereocenters. The Morgan fingerprint density at radius 3 is 2.54 bits per heavy atom. The van der Waals surface area contributed by atoms with Crippen molar-refractivity contribution in [1.29, 1.82) is 0 Å². The number of para-hydroxylation sites is 1. The lowest BCUT2D eigenvalue weighted by molar-refractivity contribution is 0.0516. The molecule has 5 rings (SSSR count). The van der Waals surface area contributed by atoms with Gasteiger partial charge in [0.25, 0.3) is 5.91 Å². The lowest BCUT2D eigenvalue weighted by Gasteiger charge is -2.32. The molecule has 1 saturated heterocycles. The van der Waals surface area contributed by atoms with Crippen molar-refractivity contribution < 1.29 is 33.3 Å². The van der Waals surface area contributed by atoms with Crippen LogP contribution < -0.4 is 15.4 Å². The molecule has 0 bridgehead atoms. The first-order valence-electron chi connectivity index (χ1n) is 14.6. The number of fused-ring (bicyclic) bond motifs is 1. The maximum Gasteiger partial charge on any atom is 0.337 e. The van der Waals surface area contributed by atoms with Gasteiger partial charge in [-0.05, 0) is 36.2 Å². The number of carbonyl (C=O) groups is 2. The van der Waals surface area contributed by atoms with E-state index in [1.54, 1.807) is 43.7 Å². The Bertz CT molecular complexity index is 1670. The van der Waals surface area contributed by atoms with E-state index < -0.39 is 17.7 Å². The lowest BCUT2D eigenvalue weighted by atomic mass is 9.97. The van der Waals surface area contributed by atoms with E-state index in [-0.39, 0.29) is 40.0 Å². The summed E-state index contributed by atoms with van der Waals surface area (Å²) < 4.78 is 32.0. The highest BCUT2D eigenvalue weighted by molar-refractivity contribution is 6.40. The minimum atomic E-state index is -1.22. The first-order chi connectivity index (χ1) is 22.2. The lowest BCUT2D eigenvalue weighted by Crippen LogP contribution is -2.37. The quantitative estimate of drug-likeness (QED) is 0.207. The number of amides is 1. The van der Waals surface area contributed by atoms with Crippen LogP contribution in [0.3, 0.4) is 0 Å². The molecule has 0 spiro atoms. The van der Waals surface area contributed by atoms with Gasteiger partial charge < -0.3 is 34.9 Å². The minimum Gasteiger partial charge on any atom is -0.478 e. The molecule has 0 aliphatic carbocycles. The van der Waals surface area contributed by atoms with Crippen LogP contribution in [0, 0.1) is 5.82 Å². The number of benzene rings is 3. The van der Waals surface area contributed by atoms with E-state index in [9.17, 15) is 14.7 Å². The number of halogens is 3. The van der Waals surface area contributed by atoms with Gasteiger partial charge in [-0.2, -0.15) is 0 Å². The third-order valence-corrected chi connectivity index (χ3v) is 8.30. The van der Waals surface area contributed by atoms with Crippen LogP contribution in [0.1, 0.15) is 38.3 Å². The van der Waals surface area contributed by atoms with E-state index in [2.05, 4.69) is 4.99 Å². The molecule has 0 saturated carbocycles. The zero-order valence-corrected chi connectivity index (χ0v) is 26.6. The van der Waals surface area contributed by atoms with E-state index in [0.717, 1.165) is 12.5 Å². The molecule has 0 aromatic heterocycles. The molecule has 13 heteroatoms. The van der Waals surface area contributed by atoms with Crippen LogP contribution in [-0.2, 0) is 16.0 Å². The number of allylic oxidation sites excluding steroid dienone is 1. The minimum absolute atomic E-state index is 0.106. The number of methoxy groups -OCH3 is 1. The van der Waals surface area contributed by atoms with Gasteiger partial charge in [0, 0.05) is 68.0 Å². The first kappa shape index (κ1) is 33.2. The summed E-state index contributed by atoms with van der Waals surface area (Å²) in [5.74, 6) is -1.97. The smallest absolute Gasteiger partial charge is 0.337 e. The number of nitrogens with two attached hydrogens (primary N) is 1. The van der Waals surface area contributed by atoms with Gasteiger partial charge in [-0.1, -0.05) is 41.4 Å². The number of nitrogens with zero attached hydrogens (tertiary/aromatic N) is 3. The zero-order valence-electron chi connectivity index (χ0n) is 25.1. The molecule has 3 aromatic carbocycles. The third-order valence-electron chi connectivity index (χ3n) is 7.70. The Hall–Kier alpha value is -4.16. The van der Waals surface area contributed by atoms with Crippen molar-refractivity contribution >= 4 is 52.6 Å². The third kappa shape index (κ3) is 7.13. The molecule has 3 N–H and O–H groups in total. The summed E-state index contributed by atoms with van der Waals surface area (Å²) in [7, 11) is 1.63. The summed E-state index contributed by atoms with van der Waals surface area (Å²) in [5.41, 5.74) is 8.65. The second-order valence-electron chi connectivity index (χ2n) is 10.6. The Morgan fingerprint density at radius 2 is 1.87 bits per heavy atom. The fourth-order valence-electron chi connectivity index (χ4n) is 5.40. The highest BCUT2D eigenvalue weighted by atomic mass is 35.5. The van der Waals surface area contributed by atoms with Crippen molar-refractivity contribution in [3.05, 3.63) is 86.8 Å². The second kappa shape index (κ2) is 15.0. The number of carboxylic acid groups (broad SMARTS) is 1. The predicted octanol–water partition coefficient (Wildman–Crippen LogP) is 5.73. The van der Waals surface area contributed by atoms with Gasteiger partial charge in [0.05, 0.1) is 46.6 Å². The number of hydrogen-bond donors (Lipinski definition) is 2. The van der Waals surface area contributed by atoms with Gasteiger partial charge in [-0.25, -0.2) is 9.18 Å². The molecule has 2 heterocycles. The van der Waals surface area contributed by atoms with E-state index in [1.807, 2.05) is 4.90 Å². The summed E-state index contributed by atoms with van der Waals surface area (Å²) in [4.78, 5) is 33.3. The van der Waals surface area contributed by atoms with Gasteiger partial charge in [0.2, 0.25) is 0 Å². The number of morpholine rings is 1. The second-order valence-corrected chi connectivity index (χ2v) is 11.5. The number of aromatic carboxylic acids is 1. The number of hydrogen-bond acceptors (Lipinski definition) is 8. The van der Waals surface area contributed by atoms with Crippen molar-refractivity contribution in [1.82, 2.24) is 4.90 Å². The molecule has 10 nitrogen and oxygen atoms in total. The Balaban J connectivity index is 1.40. The first-order valence-corrected chi connectivity index (χ1v) is 15.3. The summed E-state index contributed by atoms with van der Waals surface area (Å²) in [5, 5.41) is 10.0. The van der Waals surface area contributed by atoms with Crippen molar-refractivity contribution in [3.63, 3.8) is 0 Å². The van der Waals surface area contributed by atoms with Crippen LogP contribution in [0.2, 0.25) is 10.0 Å². The van der Waals surface area contributed by atoms with Crippen LogP contribution in [0.15, 0.2) is 53.7 Å². The molecule has 1 fully saturated rings. The van der Waals surface area contributed by atoms with Crippen molar-refractivity contribution in [2.24, 2.45) is 10.7 Å². The van der Waals surface area contributed by atoms with Crippen LogP contribution in [0.25, 0.3) is 16.7 Å². The highest BCUT2D eigenvalue weighted by Crippen LogP contribution is 2.41. The SMILES string of the molecule is COCCCN=CC(=CN)c1cc(Cl)c(C(=O)N2COc3c(cccc3-c3cc(N4CCOCC4)c(C(=O)O)cc3F)C2)c(Cl)c1. The van der Waals surface area contributed by atoms with Crippen LogP contribution >= 0.6 is 23.2 Å². The molecule has 0 radical (unpaired) electrons. The molecule has 0 atom stereocenters. The highest BCUT2D eigenvalue weighted by Gasteiger charge is 2.30. The number of ether oxygens (including phenoxy) is 3. The maximum absolute atomic E-state index is 15.5. The Morgan fingerprint density at radius 1 is 1.13 bits per heavy atom. The van der Waals surface area contributed by atoms with Crippen LogP contribution in [-0.4, -0.2) is 81.4 Å². The Kier molecular flexibility index (Phi) is 10.8. The van der Waals surface area contributed by atoms with E-state index in [1.165, 1.54) is 17.2 Å². The summed E-state index contributed by atoms with van der Waals surface area (Å²) in [6, 6.07) is 11.0. The predicted molar refractivity (Wildman–Crippen MR) is 176 cm³/mol. The summed E-state index contributed by atoms with van der Waals surface area (Å²) in [6.07, 6.45) is 3.76. The van der Waals surface area contributed by atoms with Gasteiger partial charge in [-0.3, -0.25) is 9.79 Å². The van der Waals surface area contributed by atoms with Crippen LogP contribution in [0.5, 0.6) is 5.75 Å². The summed E-state index contributed by atoms with van der Waals surface area (Å²) in [6.45, 7) is 2.96. The van der Waals surface area contributed by atoms with Crippen molar-refractivity contribution in [2.75, 3.05) is 58.2 Å². The average Bonchev–Trinajstić information content (AvgIpc) is 3.05. The molecule has 46 heavy (non-hydrogen) atoms. The van der Waals surface area contributed by atoms with E-state index in [0.29, 0.717) is 73.2 Å². The van der Waals surface area contributed by atoms with E-state index in [4.69, 9.17) is 43.1 Å². The monoisotopic (exact) mass is 670 g/mol. The number of carboxylic acids is 1. The van der Waals surface area contributed by atoms with Gasteiger partial charge in [0.1, 0.15) is 11.6 Å². The number of rotatable bonds is 10. The Labute approximate surface area is 275 Å². The maximum atomic E-state index is 15.5. The zero-order chi connectivity index (χ0) is 32.8. The van der Waals surface area contributed by atoms with Gasteiger partial charge in [-0.15, -0.1) is 0 Å². The average molecular weight is 672 g/mol. The topological polar surface area (TPSA) is 127 Å². The fourth-order valence-corrected chi connectivity index (χ4v) is 6.05. The summed E-state index contributed by atoms with van der Waals surface area (Å²) >= 11 is 13.2. The van der Waals surface area contributed by atoms with E-state index >= 15 is 4.39 Å². The van der Waals surface area contributed by atoms with Crippen molar-refractivity contribution in [3.8, 4) is 16.9 Å². The molecular weight excluding hydrogens is 638 g/mol. The molecule has 242 valence electrons. The molecule has 1 amide bonds. The number of aliphatic imine (C=N–C) groups is 1. The van der Waals surface area contributed by atoms with Crippen LogP contribution in [0.4, 0.5) is 10.1 Å². The van der Waals surface area contributed by atoms with Gasteiger partial charge >= 0.3 is 5.97 Å². The largest absolute Gasteiger partial charge is 0.478 e. The normalized spacial score (nSPS) is 15.2. The number of carbonyl (C=O) groups excluding carboxylic acids is 1. The molecular formula is C33H33Cl2FN4O6. The van der Waals surface area contributed by atoms with Crippen molar-refractivity contribution in [2.45, 2.75) is 13.0 Å². The van der Waals surface area contributed by atoms with Gasteiger partial charge in [0.15, 0.2) is 6.73 Å². The number of anilines is 1. The molecule has 2 aliphatic rings. The molecule has 2 aliphatic heterocycles.